The van der Waals surface area contributed by atoms with Gasteiger partial charge in [0.05, 0.1) is 19.3 Å². The Morgan fingerprint density at radius 1 is 1.07 bits per heavy atom. The molecule has 2 amide bonds. The molecule has 1 aromatic rings. The number of ether oxygens (including phenoxy) is 1. The highest BCUT2D eigenvalue weighted by Gasteiger charge is 2.26. The first kappa shape index (κ1) is 20.6. The van der Waals surface area contributed by atoms with Crippen LogP contribution in [0.2, 0.25) is 0 Å². The molecule has 1 aromatic carbocycles. The maximum atomic E-state index is 12.2. The summed E-state index contributed by atoms with van der Waals surface area (Å²) < 4.78 is 5.49. The van der Waals surface area contributed by atoms with Gasteiger partial charge in [-0.2, -0.15) is 0 Å². The van der Waals surface area contributed by atoms with Crippen LogP contribution in [0.3, 0.4) is 0 Å². The van der Waals surface area contributed by atoms with Crippen molar-refractivity contribution in [2.24, 2.45) is 5.92 Å². The summed E-state index contributed by atoms with van der Waals surface area (Å²) in [4.78, 5) is 28.8. The number of fused-ring (bicyclic) bond motifs is 1. The summed E-state index contributed by atoms with van der Waals surface area (Å²) in [6.07, 6.45) is 1.04. The summed E-state index contributed by atoms with van der Waals surface area (Å²) in [6.45, 7) is 8.94. The Bertz CT molecular complexity index is 701. The fourth-order valence-corrected chi connectivity index (χ4v) is 3.79. The molecule has 2 aliphatic heterocycles. The number of carbonyl (C=O) groups excluding carboxylic acids is 2. The van der Waals surface area contributed by atoms with Crippen LogP contribution < -0.4 is 15.5 Å². The lowest BCUT2D eigenvalue weighted by Gasteiger charge is -2.35. The van der Waals surface area contributed by atoms with Crippen molar-refractivity contribution in [3.8, 4) is 0 Å². The zero-order valence-corrected chi connectivity index (χ0v) is 17.2. The Kier molecular flexibility index (Phi) is 6.91. The first-order chi connectivity index (χ1) is 13.5. The van der Waals surface area contributed by atoms with E-state index in [1.165, 1.54) is 16.8 Å². The maximum absolute atomic E-state index is 12.2. The van der Waals surface area contributed by atoms with E-state index in [4.69, 9.17) is 4.74 Å². The van der Waals surface area contributed by atoms with Crippen LogP contribution >= 0.6 is 0 Å². The Morgan fingerprint density at radius 3 is 2.43 bits per heavy atom. The molecule has 2 heterocycles. The number of hydrogen-bond donors (Lipinski definition) is 2. The maximum Gasteiger partial charge on any atom is 0.309 e. The third kappa shape index (κ3) is 5.02. The van der Waals surface area contributed by atoms with Gasteiger partial charge in [0, 0.05) is 45.5 Å². The summed E-state index contributed by atoms with van der Waals surface area (Å²) >= 11 is 0. The molecule has 1 atom stereocenters. The second kappa shape index (κ2) is 9.39. The molecule has 0 bridgehead atoms. The van der Waals surface area contributed by atoms with E-state index in [2.05, 4.69) is 45.7 Å². The van der Waals surface area contributed by atoms with Crippen molar-refractivity contribution >= 4 is 17.5 Å². The van der Waals surface area contributed by atoms with Crippen LogP contribution in [-0.4, -0.2) is 69.7 Å². The molecule has 1 unspecified atom stereocenters. The van der Waals surface area contributed by atoms with Crippen molar-refractivity contribution < 1.29 is 14.3 Å². The lowest BCUT2D eigenvalue weighted by molar-refractivity contribution is -0.139. The van der Waals surface area contributed by atoms with Crippen molar-refractivity contribution in [2.45, 2.75) is 26.3 Å². The van der Waals surface area contributed by atoms with Crippen molar-refractivity contribution in [1.82, 2.24) is 15.5 Å². The highest BCUT2D eigenvalue weighted by Crippen LogP contribution is 2.31. The van der Waals surface area contributed by atoms with Gasteiger partial charge in [-0.25, -0.2) is 0 Å². The van der Waals surface area contributed by atoms with Crippen LogP contribution in [0.25, 0.3) is 0 Å². The standard InChI is InChI=1S/C21H32N4O3/c1-15(2)13-22-20(26)21(27)23-14-19(25-8-10-28-11-9-25)16-4-5-18-17(12-16)6-7-24(18)3/h4-5,12,15,19H,6-11,13-14H2,1-3H3,(H,22,26)(H,23,27). The molecule has 2 N–H and O–H groups in total. The number of amides is 2. The normalized spacial score (nSPS) is 18.1. The molecular weight excluding hydrogens is 356 g/mol. The van der Waals surface area contributed by atoms with Crippen molar-refractivity contribution in [3.05, 3.63) is 29.3 Å². The Labute approximate surface area is 167 Å². The number of morpholine rings is 1. The van der Waals surface area contributed by atoms with Crippen LogP contribution in [0.15, 0.2) is 18.2 Å². The Morgan fingerprint density at radius 2 is 1.75 bits per heavy atom. The van der Waals surface area contributed by atoms with Crippen LogP contribution in [-0.2, 0) is 20.7 Å². The lowest BCUT2D eigenvalue weighted by atomic mass is 10.0. The summed E-state index contributed by atoms with van der Waals surface area (Å²) in [6, 6.07) is 6.60. The molecule has 0 radical (unpaired) electrons. The Balaban J connectivity index is 1.69. The monoisotopic (exact) mass is 388 g/mol. The van der Waals surface area contributed by atoms with Gasteiger partial charge >= 0.3 is 11.8 Å². The lowest BCUT2D eigenvalue weighted by Crippen LogP contribution is -2.47. The van der Waals surface area contributed by atoms with E-state index in [1.807, 2.05) is 13.8 Å². The summed E-state index contributed by atoms with van der Waals surface area (Å²) in [5.41, 5.74) is 3.81. The molecule has 7 nitrogen and oxygen atoms in total. The molecule has 28 heavy (non-hydrogen) atoms. The second-order valence-corrected chi connectivity index (χ2v) is 8.04. The second-order valence-electron chi connectivity index (χ2n) is 8.04. The van der Waals surface area contributed by atoms with Gasteiger partial charge in [-0.3, -0.25) is 14.5 Å². The molecule has 0 aromatic heterocycles. The summed E-state index contributed by atoms with van der Waals surface area (Å²) in [5.74, 6) is -0.827. The van der Waals surface area contributed by atoms with Gasteiger partial charge < -0.3 is 20.3 Å². The van der Waals surface area contributed by atoms with E-state index in [9.17, 15) is 9.59 Å². The van der Waals surface area contributed by atoms with Gasteiger partial charge in [-0.1, -0.05) is 26.0 Å². The quantitative estimate of drug-likeness (QED) is 0.710. The van der Waals surface area contributed by atoms with E-state index in [1.54, 1.807) is 0 Å². The number of anilines is 1. The van der Waals surface area contributed by atoms with E-state index in [-0.39, 0.29) is 6.04 Å². The third-order valence-electron chi connectivity index (χ3n) is 5.44. The number of carbonyl (C=O) groups is 2. The van der Waals surface area contributed by atoms with Crippen LogP contribution in [0.4, 0.5) is 5.69 Å². The predicted octanol–water partition coefficient (Wildman–Crippen LogP) is 0.941. The predicted molar refractivity (Wildman–Crippen MR) is 109 cm³/mol. The minimum atomic E-state index is -0.570. The van der Waals surface area contributed by atoms with Crippen LogP contribution in [0.5, 0.6) is 0 Å². The van der Waals surface area contributed by atoms with E-state index in [0.717, 1.165) is 26.1 Å². The zero-order valence-electron chi connectivity index (χ0n) is 17.2. The summed E-state index contributed by atoms with van der Waals surface area (Å²) in [5, 5.41) is 5.51. The molecule has 1 saturated heterocycles. The van der Waals surface area contributed by atoms with Crippen molar-refractivity contribution in [1.29, 1.82) is 0 Å². The topological polar surface area (TPSA) is 73.9 Å². The number of nitrogens with one attached hydrogen (secondary N) is 2. The van der Waals surface area contributed by atoms with E-state index < -0.39 is 11.8 Å². The fourth-order valence-electron chi connectivity index (χ4n) is 3.79. The smallest absolute Gasteiger partial charge is 0.309 e. The average Bonchev–Trinajstić information content (AvgIpc) is 3.07. The minimum Gasteiger partial charge on any atom is -0.379 e. The Hall–Kier alpha value is -2.12. The van der Waals surface area contributed by atoms with Gasteiger partial charge in [0.2, 0.25) is 0 Å². The molecule has 0 saturated carbocycles. The average molecular weight is 389 g/mol. The summed E-state index contributed by atoms with van der Waals surface area (Å²) in [7, 11) is 2.11. The third-order valence-corrected chi connectivity index (χ3v) is 5.44. The first-order valence-corrected chi connectivity index (χ1v) is 10.2. The number of hydrogen-bond acceptors (Lipinski definition) is 5. The fraction of sp³-hybridized carbons (Fsp3) is 0.619. The van der Waals surface area contributed by atoms with Crippen LogP contribution in [0.1, 0.15) is 31.0 Å². The largest absolute Gasteiger partial charge is 0.379 e. The van der Waals surface area contributed by atoms with Crippen molar-refractivity contribution in [3.63, 3.8) is 0 Å². The number of rotatable bonds is 6. The first-order valence-electron chi connectivity index (χ1n) is 10.2. The van der Waals surface area contributed by atoms with Gasteiger partial charge in [-0.05, 0) is 29.5 Å². The number of nitrogens with zero attached hydrogens (tertiary/aromatic N) is 2. The SMILES string of the molecule is CC(C)CNC(=O)C(=O)NCC(c1ccc2c(c1)CCN2C)N1CCOCC1. The molecule has 0 spiro atoms. The number of likely N-dealkylation sites (N-methyl/N-ethyl adjacent to an activating group) is 1. The highest BCUT2D eigenvalue weighted by atomic mass is 16.5. The van der Waals surface area contributed by atoms with Gasteiger partial charge in [-0.15, -0.1) is 0 Å². The minimum absolute atomic E-state index is 0.0296. The van der Waals surface area contributed by atoms with Gasteiger partial charge in [0.25, 0.3) is 0 Å². The van der Waals surface area contributed by atoms with Gasteiger partial charge in [0.1, 0.15) is 0 Å². The van der Waals surface area contributed by atoms with Crippen molar-refractivity contribution in [2.75, 3.05) is 57.9 Å². The molecule has 2 aliphatic rings. The molecule has 154 valence electrons. The molecule has 3 rings (SSSR count). The van der Waals surface area contributed by atoms with Crippen LogP contribution in [0, 0.1) is 5.92 Å². The molecular formula is C21H32N4O3. The highest BCUT2D eigenvalue weighted by molar-refractivity contribution is 6.35. The number of benzene rings is 1. The van der Waals surface area contributed by atoms with E-state index in [0.29, 0.717) is 32.2 Å². The molecule has 7 heteroatoms. The van der Waals surface area contributed by atoms with E-state index >= 15 is 0 Å². The van der Waals surface area contributed by atoms with Gasteiger partial charge in [0.15, 0.2) is 0 Å². The molecule has 0 aliphatic carbocycles. The molecule has 1 fully saturated rings. The zero-order chi connectivity index (χ0) is 20.1.